The molecular weight excluding hydrogens is 216 g/mol. The number of aromatic carboxylic acids is 1. The Balaban J connectivity index is 2.16. The van der Waals surface area contributed by atoms with Gasteiger partial charge in [-0.1, -0.05) is 24.3 Å². The van der Waals surface area contributed by atoms with E-state index in [9.17, 15) is 9.90 Å². The van der Waals surface area contributed by atoms with E-state index in [0.29, 0.717) is 6.42 Å². The molecule has 2 aromatic rings. The quantitative estimate of drug-likeness (QED) is 0.849. The van der Waals surface area contributed by atoms with Crippen LogP contribution in [0.5, 0.6) is 5.75 Å². The molecule has 0 bridgehead atoms. The highest BCUT2D eigenvalue weighted by Crippen LogP contribution is 2.15. The van der Waals surface area contributed by atoms with Gasteiger partial charge in [0.05, 0.1) is 5.56 Å². The summed E-state index contributed by atoms with van der Waals surface area (Å²) in [5, 5.41) is 18.1. The minimum atomic E-state index is -0.922. The van der Waals surface area contributed by atoms with Crippen molar-refractivity contribution in [1.29, 1.82) is 0 Å². The lowest BCUT2D eigenvalue weighted by Crippen LogP contribution is -1.96. The number of benzene rings is 2. The SMILES string of the molecule is O=C(O)c1ccc(Cc2cccc(O)c2)cc1. The van der Waals surface area contributed by atoms with E-state index in [-0.39, 0.29) is 11.3 Å². The van der Waals surface area contributed by atoms with Gasteiger partial charge in [0.15, 0.2) is 0 Å². The predicted octanol–water partition coefficient (Wildman–Crippen LogP) is 2.68. The van der Waals surface area contributed by atoms with Crippen molar-refractivity contribution < 1.29 is 15.0 Å². The van der Waals surface area contributed by atoms with Crippen LogP contribution in [0.15, 0.2) is 48.5 Å². The van der Waals surface area contributed by atoms with Gasteiger partial charge < -0.3 is 10.2 Å². The Kier molecular flexibility index (Phi) is 3.10. The first-order chi connectivity index (χ1) is 8.15. The Labute approximate surface area is 99.0 Å². The van der Waals surface area contributed by atoms with E-state index in [2.05, 4.69) is 0 Å². The van der Waals surface area contributed by atoms with E-state index in [1.807, 2.05) is 6.07 Å². The molecule has 3 nitrogen and oxygen atoms in total. The second kappa shape index (κ2) is 4.70. The molecule has 0 unspecified atom stereocenters. The largest absolute Gasteiger partial charge is 0.508 e. The van der Waals surface area contributed by atoms with Crippen molar-refractivity contribution in [2.45, 2.75) is 6.42 Å². The predicted molar refractivity (Wildman–Crippen MR) is 64.3 cm³/mol. The third-order valence-electron chi connectivity index (χ3n) is 2.52. The van der Waals surface area contributed by atoms with Crippen LogP contribution >= 0.6 is 0 Å². The molecule has 0 radical (unpaired) electrons. The summed E-state index contributed by atoms with van der Waals surface area (Å²) in [6.45, 7) is 0. The minimum absolute atomic E-state index is 0.240. The lowest BCUT2D eigenvalue weighted by molar-refractivity contribution is 0.0697. The van der Waals surface area contributed by atoms with Crippen molar-refractivity contribution in [3.8, 4) is 5.75 Å². The molecule has 0 aromatic heterocycles. The van der Waals surface area contributed by atoms with Gasteiger partial charge in [-0.15, -0.1) is 0 Å². The van der Waals surface area contributed by atoms with Crippen LogP contribution in [0, 0.1) is 0 Å². The van der Waals surface area contributed by atoms with E-state index in [1.165, 1.54) is 0 Å². The summed E-state index contributed by atoms with van der Waals surface area (Å²) in [6.07, 6.45) is 0.675. The Bertz CT molecular complexity index is 529. The molecule has 86 valence electrons. The summed E-state index contributed by atoms with van der Waals surface area (Å²) in [7, 11) is 0. The monoisotopic (exact) mass is 228 g/mol. The van der Waals surface area contributed by atoms with Gasteiger partial charge in [0, 0.05) is 0 Å². The maximum Gasteiger partial charge on any atom is 0.335 e. The summed E-state index contributed by atoms with van der Waals surface area (Å²) in [5.41, 5.74) is 2.29. The zero-order chi connectivity index (χ0) is 12.3. The second-order valence-electron chi connectivity index (χ2n) is 3.85. The fourth-order valence-electron chi connectivity index (χ4n) is 1.67. The lowest BCUT2D eigenvalue weighted by atomic mass is 10.0. The van der Waals surface area contributed by atoms with Crippen molar-refractivity contribution in [2.24, 2.45) is 0 Å². The van der Waals surface area contributed by atoms with Crippen molar-refractivity contribution in [2.75, 3.05) is 0 Å². The molecular formula is C14H12O3. The summed E-state index contributed by atoms with van der Waals surface area (Å²) in [6, 6.07) is 13.8. The van der Waals surface area contributed by atoms with Crippen LogP contribution in [0.1, 0.15) is 21.5 Å². The Morgan fingerprint density at radius 3 is 2.29 bits per heavy atom. The molecule has 17 heavy (non-hydrogen) atoms. The maximum absolute atomic E-state index is 10.7. The summed E-state index contributed by atoms with van der Waals surface area (Å²) >= 11 is 0. The van der Waals surface area contributed by atoms with Gasteiger partial charge in [-0.3, -0.25) is 0 Å². The first kappa shape index (κ1) is 11.2. The van der Waals surface area contributed by atoms with Gasteiger partial charge in [-0.05, 0) is 41.8 Å². The molecule has 0 amide bonds. The van der Waals surface area contributed by atoms with Gasteiger partial charge in [-0.25, -0.2) is 4.79 Å². The maximum atomic E-state index is 10.7. The van der Waals surface area contributed by atoms with Gasteiger partial charge >= 0.3 is 5.97 Å². The fourth-order valence-corrected chi connectivity index (χ4v) is 1.67. The smallest absolute Gasteiger partial charge is 0.335 e. The number of phenols is 1. The van der Waals surface area contributed by atoms with Crippen LogP contribution < -0.4 is 0 Å². The van der Waals surface area contributed by atoms with Crippen LogP contribution in [0.2, 0.25) is 0 Å². The molecule has 3 heteroatoms. The number of carboxylic acids is 1. The van der Waals surface area contributed by atoms with E-state index in [4.69, 9.17) is 5.11 Å². The van der Waals surface area contributed by atoms with Crippen molar-refractivity contribution in [3.05, 3.63) is 65.2 Å². The zero-order valence-corrected chi connectivity index (χ0v) is 9.13. The fraction of sp³-hybridized carbons (Fsp3) is 0.0714. The molecule has 2 N–H and O–H groups in total. The number of aromatic hydroxyl groups is 1. The summed E-state index contributed by atoms with van der Waals surface area (Å²) in [5.74, 6) is -0.682. The first-order valence-electron chi connectivity index (χ1n) is 5.25. The second-order valence-corrected chi connectivity index (χ2v) is 3.85. The van der Waals surface area contributed by atoms with Crippen LogP contribution in [-0.2, 0) is 6.42 Å². The van der Waals surface area contributed by atoms with Gasteiger partial charge in [0.25, 0.3) is 0 Å². The first-order valence-corrected chi connectivity index (χ1v) is 5.25. The molecule has 0 aliphatic carbocycles. The number of hydrogen-bond acceptors (Lipinski definition) is 2. The highest BCUT2D eigenvalue weighted by atomic mass is 16.4. The van der Waals surface area contributed by atoms with E-state index in [1.54, 1.807) is 42.5 Å². The van der Waals surface area contributed by atoms with E-state index < -0.39 is 5.97 Å². The Morgan fingerprint density at radius 1 is 1.00 bits per heavy atom. The number of rotatable bonds is 3. The highest BCUT2D eigenvalue weighted by molar-refractivity contribution is 5.87. The molecule has 0 aliphatic rings. The Morgan fingerprint density at radius 2 is 1.71 bits per heavy atom. The molecule has 0 heterocycles. The molecule has 0 spiro atoms. The van der Waals surface area contributed by atoms with Crippen LogP contribution in [0.4, 0.5) is 0 Å². The summed E-state index contributed by atoms with van der Waals surface area (Å²) < 4.78 is 0. The van der Waals surface area contributed by atoms with E-state index in [0.717, 1.165) is 11.1 Å². The molecule has 0 fully saturated rings. The average Bonchev–Trinajstić information content (AvgIpc) is 2.29. The zero-order valence-electron chi connectivity index (χ0n) is 9.13. The molecule has 0 aliphatic heterocycles. The van der Waals surface area contributed by atoms with E-state index >= 15 is 0 Å². The van der Waals surface area contributed by atoms with Crippen molar-refractivity contribution in [3.63, 3.8) is 0 Å². The number of phenolic OH excluding ortho intramolecular Hbond substituents is 1. The van der Waals surface area contributed by atoms with Gasteiger partial charge in [-0.2, -0.15) is 0 Å². The molecule has 2 aromatic carbocycles. The molecule has 0 saturated heterocycles. The third kappa shape index (κ3) is 2.84. The number of hydrogen-bond donors (Lipinski definition) is 2. The molecule has 0 atom stereocenters. The normalized spacial score (nSPS) is 10.1. The van der Waals surface area contributed by atoms with Gasteiger partial charge in [0.1, 0.15) is 5.75 Å². The Hall–Kier alpha value is -2.29. The molecule has 0 saturated carbocycles. The molecule has 2 rings (SSSR count). The number of carboxylic acid groups (broad SMARTS) is 1. The van der Waals surface area contributed by atoms with Crippen LogP contribution in [0.3, 0.4) is 0 Å². The van der Waals surface area contributed by atoms with Crippen LogP contribution in [-0.4, -0.2) is 16.2 Å². The minimum Gasteiger partial charge on any atom is -0.508 e. The average molecular weight is 228 g/mol. The number of carbonyl (C=O) groups is 1. The van der Waals surface area contributed by atoms with Crippen molar-refractivity contribution in [1.82, 2.24) is 0 Å². The summed E-state index contributed by atoms with van der Waals surface area (Å²) in [4.78, 5) is 10.7. The lowest BCUT2D eigenvalue weighted by Gasteiger charge is -2.03. The van der Waals surface area contributed by atoms with Crippen molar-refractivity contribution >= 4 is 5.97 Å². The standard InChI is InChI=1S/C14H12O3/c15-13-3-1-2-11(9-13)8-10-4-6-12(7-5-10)14(16)17/h1-7,9,15H,8H2,(H,16,17). The van der Waals surface area contributed by atoms with Gasteiger partial charge in [0.2, 0.25) is 0 Å². The highest BCUT2D eigenvalue weighted by Gasteiger charge is 2.02. The topological polar surface area (TPSA) is 57.5 Å². The third-order valence-corrected chi connectivity index (χ3v) is 2.52. The van der Waals surface area contributed by atoms with Crippen LogP contribution in [0.25, 0.3) is 0 Å².